The fourth-order valence-corrected chi connectivity index (χ4v) is 2.87. The second-order valence-electron chi connectivity index (χ2n) is 5.66. The molecule has 0 amide bonds. The Morgan fingerprint density at radius 3 is 1.26 bits per heavy atom. The van der Waals surface area contributed by atoms with Crippen molar-refractivity contribution in [2.45, 2.75) is 17.8 Å². The Labute approximate surface area is 150 Å². The van der Waals surface area contributed by atoms with Gasteiger partial charge in [0.1, 0.15) is 11.5 Å². The van der Waals surface area contributed by atoms with Crippen molar-refractivity contribution in [3.8, 4) is 11.5 Å². The molecule has 0 unspecified atom stereocenters. The minimum absolute atomic E-state index is 0.102. The van der Waals surface area contributed by atoms with Gasteiger partial charge in [0, 0.05) is 0 Å². The zero-order valence-corrected chi connectivity index (χ0v) is 14.2. The van der Waals surface area contributed by atoms with Gasteiger partial charge in [-0.2, -0.15) is 26.3 Å². The Kier molecular flexibility index (Phi) is 5.13. The molecular weight excluding hydrogens is 378 g/mol. The van der Waals surface area contributed by atoms with Crippen LogP contribution in [0.2, 0.25) is 0 Å². The number of anilines is 2. The van der Waals surface area contributed by atoms with Gasteiger partial charge in [0.25, 0.3) is 0 Å². The van der Waals surface area contributed by atoms with E-state index in [2.05, 4.69) is 0 Å². The van der Waals surface area contributed by atoms with E-state index in [0.29, 0.717) is 24.3 Å². The highest BCUT2D eigenvalue weighted by Crippen LogP contribution is 2.57. The lowest BCUT2D eigenvalue weighted by Crippen LogP contribution is -2.54. The van der Waals surface area contributed by atoms with Crippen LogP contribution in [0.3, 0.4) is 0 Å². The van der Waals surface area contributed by atoms with Crippen molar-refractivity contribution in [2.24, 2.45) is 0 Å². The number of nitrogens with two attached hydrogens (primary N) is 2. The van der Waals surface area contributed by atoms with Crippen LogP contribution in [-0.2, 0) is 5.41 Å². The second-order valence-corrected chi connectivity index (χ2v) is 5.66. The maximum absolute atomic E-state index is 14.1. The van der Waals surface area contributed by atoms with Gasteiger partial charge in [0.2, 0.25) is 5.41 Å². The number of halogens is 6. The molecule has 10 heteroatoms. The topological polar surface area (TPSA) is 70.5 Å². The molecule has 4 nitrogen and oxygen atoms in total. The first-order chi connectivity index (χ1) is 12.4. The number of nitrogen functional groups attached to an aromatic ring is 2. The van der Waals surface area contributed by atoms with E-state index in [1.807, 2.05) is 0 Å². The van der Waals surface area contributed by atoms with Crippen molar-refractivity contribution < 1.29 is 35.8 Å². The Morgan fingerprint density at radius 1 is 0.667 bits per heavy atom. The summed E-state index contributed by atoms with van der Waals surface area (Å²) in [7, 11) is 2.18. The lowest BCUT2D eigenvalue weighted by molar-refractivity contribution is -0.288. The summed E-state index contributed by atoms with van der Waals surface area (Å²) in [5.74, 6) is -0.624. The van der Waals surface area contributed by atoms with Gasteiger partial charge in [-0.15, -0.1) is 0 Å². The highest BCUT2D eigenvalue weighted by Gasteiger charge is 2.72. The maximum atomic E-state index is 14.1. The number of ether oxygens (including phenoxy) is 2. The van der Waals surface area contributed by atoms with Gasteiger partial charge in [-0.1, -0.05) is 12.1 Å². The first kappa shape index (κ1) is 20.5. The van der Waals surface area contributed by atoms with Crippen LogP contribution in [0.25, 0.3) is 0 Å². The van der Waals surface area contributed by atoms with E-state index in [0.717, 1.165) is 26.4 Å². The molecule has 0 radical (unpaired) electrons. The average Bonchev–Trinajstić information content (AvgIpc) is 2.55. The molecule has 0 aliphatic carbocycles. The lowest BCUT2D eigenvalue weighted by atomic mass is 9.72. The van der Waals surface area contributed by atoms with Crippen LogP contribution in [-0.4, -0.2) is 26.6 Å². The van der Waals surface area contributed by atoms with E-state index < -0.39 is 28.9 Å². The summed E-state index contributed by atoms with van der Waals surface area (Å²) in [5, 5.41) is 0. The Balaban J connectivity index is 2.96. The van der Waals surface area contributed by atoms with Crippen LogP contribution < -0.4 is 20.9 Å². The Hall–Kier alpha value is -2.78. The van der Waals surface area contributed by atoms with Crippen molar-refractivity contribution in [1.82, 2.24) is 0 Å². The molecule has 2 aromatic rings. The van der Waals surface area contributed by atoms with Crippen LogP contribution in [0, 0.1) is 0 Å². The third-order valence-electron chi connectivity index (χ3n) is 4.18. The molecule has 0 atom stereocenters. The quantitative estimate of drug-likeness (QED) is 0.600. The second kappa shape index (κ2) is 6.75. The van der Waals surface area contributed by atoms with Crippen molar-refractivity contribution in [3.63, 3.8) is 0 Å². The zero-order valence-electron chi connectivity index (χ0n) is 14.2. The number of benzene rings is 2. The maximum Gasteiger partial charge on any atom is 0.411 e. The molecule has 148 valence electrons. The van der Waals surface area contributed by atoms with E-state index in [1.54, 1.807) is 0 Å². The van der Waals surface area contributed by atoms with Crippen LogP contribution in [0.4, 0.5) is 37.7 Å². The minimum atomic E-state index is -5.74. The largest absolute Gasteiger partial charge is 0.495 e. The number of hydrogen-bond donors (Lipinski definition) is 2. The SMILES string of the molecule is COc1cc(C(c2ccc(N)c(OC)c2)(C(F)(F)F)C(F)(F)F)ccc1N. The Morgan fingerprint density at radius 2 is 1.00 bits per heavy atom. The van der Waals surface area contributed by atoms with E-state index >= 15 is 0 Å². The highest BCUT2D eigenvalue weighted by atomic mass is 19.4. The predicted molar refractivity (Wildman–Crippen MR) is 87.7 cm³/mol. The molecule has 27 heavy (non-hydrogen) atoms. The summed E-state index contributed by atoms with van der Waals surface area (Å²) in [5.41, 5.74) is 4.34. The average molecular weight is 394 g/mol. The van der Waals surface area contributed by atoms with Gasteiger partial charge in [-0.05, 0) is 35.4 Å². The fourth-order valence-electron chi connectivity index (χ4n) is 2.87. The standard InChI is InChI=1S/C17H16F6N2O2/c1-26-13-7-9(3-5-11(13)24)15(16(18,19)20,17(21,22)23)10-4-6-12(25)14(8-10)27-2/h3-8H,24-25H2,1-2H3. The lowest BCUT2D eigenvalue weighted by Gasteiger charge is -2.38. The van der Waals surface area contributed by atoms with Gasteiger partial charge in [-0.25, -0.2) is 0 Å². The van der Waals surface area contributed by atoms with E-state index in [-0.39, 0.29) is 22.9 Å². The van der Waals surface area contributed by atoms with Crippen molar-refractivity contribution in [2.75, 3.05) is 25.7 Å². The molecule has 0 fully saturated rings. The van der Waals surface area contributed by atoms with Gasteiger partial charge in [-0.3, -0.25) is 0 Å². The van der Waals surface area contributed by atoms with Crippen LogP contribution in [0.1, 0.15) is 11.1 Å². The molecule has 0 saturated carbocycles. The third kappa shape index (κ3) is 3.19. The van der Waals surface area contributed by atoms with Gasteiger partial charge in [0.15, 0.2) is 0 Å². The molecule has 0 saturated heterocycles. The zero-order chi connectivity index (χ0) is 20.6. The predicted octanol–water partition coefficient (Wildman–Crippen LogP) is 4.28. The molecular formula is C17H16F6N2O2. The monoisotopic (exact) mass is 394 g/mol. The number of methoxy groups -OCH3 is 2. The van der Waals surface area contributed by atoms with Crippen molar-refractivity contribution >= 4 is 11.4 Å². The van der Waals surface area contributed by atoms with Gasteiger partial charge >= 0.3 is 12.4 Å². The summed E-state index contributed by atoms with van der Waals surface area (Å²) in [6, 6.07) is 4.44. The molecule has 0 heterocycles. The molecule has 2 aromatic carbocycles. The van der Waals surface area contributed by atoms with Crippen LogP contribution >= 0.6 is 0 Å². The van der Waals surface area contributed by atoms with Crippen LogP contribution in [0.5, 0.6) is 11.5 Å². The molecule has 2 rings (SSSR count). The number of hydrogen-bond acceptors (Lipinski definition) is 4. The molecule has 0 bridgehead atoms. The number of rotatable bonds is 4. The minimum Gasteiger partial charge on any atom is -0.495 e. The molecule has 0 spiro atoms. The molecule has 4 N–H and O–H groups in total. The van der Waals surface area contributed by atoms with Gasteiger partial charge < -0.3 is 20.9 Å². The summed E-state index contributed by atoms with van der Waals surface area (Å²) in [6.45, 7) is 0. The summed E-state index contributed by atoms with van der Waals surface area (Å²) >= 11 is 0. The summed E-state index contributed by atoms with van der Waals surface area (Å²) < 4.78 is 93.9. The van der Waals surface area contributed by atoms with E-state index in [9.17, 15) is 26.3 Å². The normalized spacial score (nSPS) is 12.7. The first-order valence-corrected chi connectivity index (χ1v) is 7.41. The smallest absolute Gasteiger partial charge is 0.411 e. The van der Waals surface area contributed by atoms with E-state index in [1.165, 1.54) is 0 Å². The molecule has 0 aromatic heterocycles. The third-order valence-corrected chi connectivity index (χ3v) is 4.18. The van der Waals surface area contributed by atoms with Crippen molar-refractivity contribution in [1.29, 1.82) is 0 Å². The molecule has 0 aliphatic heterocycles. The fraction of sp³-hybridized carbons (Fsp3) is 0.294. The Bertz CT molecular complexity index is 764. The summed E-state index contributed by atoms with van der Waals surface area (Å²) in [4.78, 5) is 0. The van der Waals surface area contributed by atoms with Crippen LogP contribution in [0.15, 0.2) is 36.4 Å². The van der Waals surface area contributed by atoms with Crippen molar-refractivity contribution in [3.05, 3.63) is 47.5 Å². The summed E-state index contributed by atoms with van der Waals surface area (Å²) in [6.07, 6.45) is -11.5. The first-order valence-electron chi connectivity index (χ1n) is 7.41. The highest BCUT2D eigenvalue weighted by molar-refractivity contribution is 5.61. The number of alkyl halides is 6. The van der Waals surface area contributed by atoms with Gasteiger partial charge in [0.05, 0.1) is 25.6 Å². The molecule has 0 aliphatic rings. The van der Waals surface area contributed by atoms with E-state index in [4.69, 9.17) is 20.9 Å².